The average molecular weight is 1760 g/mol. The highest BCUT2D eigenvalue weighted by Crippen LogP contribution is 2.71. The average Bonchev–Trinajstić information content (AvgIpc) is 1.52. The molecule has 8 unspecified atom stereocenters. The van der Waals surface area contributed by atoms with Crippen molar-refractivity contribution in [3.8, 4) is 22.3 Å². The molecule has 0 N–H and O–H groups in total. The lowest BCUT2D eigenvalue weighted by Crippen LogP contribution is -2.68. The molecular weight excluding hydrogens is 1590 g/mol. The summed E-state index contributed by atoms with van der Waals surface area (Å²) < 4.78 is 6.08. The first-order valence-electron chi connectivity index (χ1n) is 51.7. The fraction of sp³-hybridized carbons (Fsp3) is 0.552. The second kappa shape index (κ2) is 34.2. The van der Waals surface area contributed by atoms with Gasteiger partial charge in [-0.1, -0.05) is 409 Å². The largest absolute Gasteiger partial charge is 0.317 e. The van der Waals surface area contributed by atoms with Gasteiger partial charge in [0.2, 0.25) is 0 Å². The molecule has 2 fully saturated rings. The van der Waals surface area contributed by atoms with E-state index in [2.05, 4.69) is 432 Å². The lowest BCUT2D eigenvalue weighted by atomic mass is 9.62. The monoisotopic (exact) mass is 1760 g/mol. The van der Waals surface area contributed by atoms with Crippen molar-refractivity contribution in [1.29, 1.82) is 0 Å². The molecule has 0 aromatic heterocycles. The fourth-order valence-corrected chi connectivity index (χ4v) is 42.9. The SMILES string of the molecule is CCCCC1(CCCC)C2=C(C=CC3CC(C)C([Si](C)(C)N(C(C)(C)C)C(C)(C)C)C23)c2ccc(C3(c4ccc(C)cc4)c4cc(C(C)(C)C)ccc4-c4ccc(C(C)(C)C)cc43)cc21.CCCCC1(CCCC)C2=C(C=CC3CC(C)C([Si](C)(C)N(C(C)C)C(C)(C)C)C23)c2ccc(C3(c4ccc(C)cc4)c4cc(C(C)(C)C)ccc4-c4ccc(C(C)(C)C)cc43)cc21. The van der Waals surface area contributed by atoms with Gasteiger partial charge in [-0.2, -0.15) is 0 Å². The van der Waals surface area contributed by atoms with Gasteiger partial charge in [-0.15, -0.1) is 0 Å². The van der Waals surface area contributed by atoms with Crippen LogP contribution in [0.3, 0.4) is 0 Å². The van der Waals surface area contributed by atoms with Crippen LogP contribution < -0.4 is 0 Å². The molecule has 690 valence electrons. The number of rotatable bonds is 21. The fourth-order valence-electron chi connectivity index (χ4n) is 30.1. The van der Waals surface area contributed by atoms with Crippen LogP contribution in [-0.2, 0) is 43.3 Å². The van der Waals surface area contributed by atoms with Crippen LogP contribution in [0, 0.1) is 49.4 Å². The highest BCUT2D eigenvalue weighted by molar-refractivity contribution is 6.77. The number of allylic oxidation sites excluding steroid dienone is 8. The third-order valence-corrected chi connectivity index (χ3v) is 44.0. The topological polar surface area (TPSA) is 6.48 Å². The van der Waals surface area contributed by atoms with Gasteiger partial charge < -0.3 is 9.13 Å². The summed E-state index contributed by atoms with van der Waals surface area (Å²) in [7, 11) is -4.09. The summed E-state index contributed by atoms with van der Waals surface area (Å²) >= 11 is 0. The lowest BCUT2D eigenvalue weighted by Gasteiger charge is -2.58. The van der Waals surface area contributed by atoms with Gasteiger partial charge in [0.25, 0.3) is 0 Å². The predicted octanol–water partition coefficient (Wildman–Crippen LogP) is 34.9. The first kappa shape index (κ1) is 96.6. The van der Waals surface area contributed by atoms with Crippen LogP contribution in [0.15, 0.2) is 193 Å². The highest BCUT2D eigenvalue weighted by Gasteiger charge is 2.64. The van der Waals surface area contributed by atoms with E-state index in [1.54, 1.807) is 22.3 Å². The van der Waals surface area contributed by atoms with Crippen molar-refractivity contribution in [2.45, 2.75) is 408 Å². The maximum absolute atomic E-state index is 3.05. The zero-order valence-electron chi connectivity index (χ0n) is 87.8. The molecule has 129 heavy (non-hydrogen) atoms. The maximum Gasteiger partial charge on any atom is 0.127 e. The second-order valence-electron chi connectivity index (χ2n) is 51.2. The van der Waals surface area contributed by atoms with Crippen LogP contribution in [0.5, 0.6) is 0 Å². The summed E-state index contributed by atoms with van der Waals surface area (Å²) in [4.78, 5) is 0. The van der Waals surface area contributed by atoms with Crippen LogP contribution in [0.4, 0.5) is 0 Å². The number of unbranched alkanes of at least 4 members (excludes halogenated alkanes) is 4. The van der Waals surface area contributed by atoms with Crippen molar-refractivity contribution in [3.63, 3.8) is 0 Å². The minimum atomic E-state index is -2.08. The van der Waals surface area contributed by atoms with Gasteiger partial charge in [-0.3, -0.25) is 0 Å². The van der Waals surface area contributed by atoms with Crippen LogP contribution in [-0.4, -0.2) is 48.3 Å². The molecule has 0 heterocycles. The number of fused-ring (bicyclic) bond motifs is 14. The van der Waals surface area contributed by atoms with Gasteiger partial charge in [0.1, 0.15) is 16.5 Å². The Morgan fingerprint density at radius 1 is 0.341 bits per heavy atom. The van der Waals surface area contributed by atoms with Crippen molar-refractivity contribution in [1.82, 2.24) is 9.13 Å². The highest BCUT2D eigenvalue weighted by atomic mass is 28.3. The Hall–Kier alpha value is -6.93. The molecule has 8 aliphatic rings. The molecule has 2 nitrogen and oxygen atoms in total. The molecule has 0 spiro atoms. The zero-order valence-corrected chi connectivity index (χ0v) is 89.8. The van der Waals surface area contributed by atoms with Gasteiger partial charge in [0.15, 0.2) is 0 Å². The number of aryl methyl sites for hydroxylation is 2. The van der Waals surface area contributed by atoms with Gasteiger partial charge in [-0.05, 0) is 323 Å². The summed E-state index contributed by atoms with van der Waals surface area (Å²) in [5.74, 6) is 3.71. The van der Waals surface area contributed by atoms with Gasteiger partial charge in [-0.25, -0.2) is 0 Å². The first-order valence-corrected chi connectivity index (χ1v) is 57.7. The Labute approximate surface area is 790 Å². The molecule has 8 aromatic rings. The van der Waals surface area contributed by atoms with E-state index in [9.17, 15) is 0 Å². The predicted molar refractivity (Wildman–Crippen MR) is 567 cm³/mol. The summed E-state index contributed by atoms with van der Waals surface area (Å²) in [6, 6.07) is 66.0. The molecule has 8 atom stereocenters. The number of nitrogens with zero attached hydrogens (tertiary/aromatic N) is 2. The third-order valence-electron chi connectivity index (χ3n) is 34.0. The Bertz CT molecular complexity index is 5490. The standard InChI is InChI=1S/C63H87NSi.C62H85NSi/c1-19-21-35-62(36-22-20-2)52-40-47(30-34-50(52)51-31-25-43-37-42(4)57(55(43)56(51)62)65(17,18)64(60(11,12)13)61(14,15)16)63(44-26-23-41(3)24-27-44)53-38-45(58(5,6)7)28-32-48(53)49-33-29-46(39-54(49)63)59(8,9)10;1-18-20-34-61(35-21-19-2)52-39-47(29-33-50(52)51-30-24-43-36-42(6)57(55(43)56(51)61)64(16,17)63(40(3)4)60(13,14)15)62(44-25-22-41(5)23-26-44)53-37-45(58(7,8)9)27-31-48(53)49-32-28-46(38-54(49)62)59(10,11)12/h23-34,38-40,42-43,55,57H,19-22,35-37H2,1-18H3;22-33,37-40,42-43,55,57H,18-21,34-36H2,1-17H3. The van der Waals surface area contributed by atoms with Crippen molar-refractivity contribution < 1.29 is 0 Å². The Morgan fingerprint density at radius 2 is 0.620 bits per heavy atom. The first-order chi connectivity index (χ1) is 60.2. The molecule has 8 aromatic carbocycles. The normalized spacial score (nSPS) is 22.2. The summed E-state index contributed by atoms with van der Waals surface area (Å²) in [5, 5.41) is 0. The van der Waals surface area contributed by atoms with E-state index in [4.69, 9.17) is 0 Å². The number of hydrogen-bond donors (Lipinski definition) is 0. The van der Waals surface area contributed by atoms with Crippen LogP contribution in [0.1, 0.15) is 391 Å². The number of hydrogen-bond acceptors (Lipinski definition) is 2. The Balaban J connectivity index is 0.000000198. The van der Waals surface area contributed by atoms with E-state index in [1.165, 1.54) is 201 Å². The Morgan fingerprint density at radius 3 is 0.884 bits per heavy atom. The van der Waals surface area contributed by atoms with E-state index in [0.717, 1.165) is 0 Å². The van der Waals surface area contributed by atoms with Crippen LogP contribution >= 0.6 is 0 Å². The van der Waals surface area contributed by atoms with Gasteiger partial charge in [0, 0.05) is 27.4 Å². The molecule has 0 radical (unpaired) electrons. The maximum atomic E-state index is 3.05. The molecule has 0 saturated heterocycles. The lowest BCUT2D eigenvalue weighted by molar-refractivity contribution is 0.120. The summed E-state index contributed by atoms with van der Waals surface area (Å²) in [6.07, 6.45) is 28.1. The van der Waals surface area contributed by atoms with Gasteiger partial charge in [0.05, 0.1) is 10.8 Å². The molecule has 0 aliphatic heterocycles. The van der Waals surface area contributed by atoms with E-state index >= 15 is 0 Å². The summed E-state index contributed by atoms with van der Waals surface area (Å²) in [6.45, 7) is 86.5. The quantitative estimate of drug-likeness (QED) is 0.0662. The van der Waals surface area contributed by atoms with Crippen molar-refractivity contribution in [3.05, 3.63) is 293 Å². The minimum absolute atomic E-state index is 0.000699. The van der Waals surface area contributed by atoms with Crippen LogP contribution in [0.25, 0.3) is 33.4 Å². The van der Waals surface area contributed by atoms with Crippen molar-refractivity contribution >= 4 is 27.6 Å². The molecule has 0 amide bonds. The molecule has 16 rings (SSSR count). The minimum Gasteiger partial charge on any atom is -0.317 e. The smallest absolute Gasteiger partial charge is 0.127 e. The Kier molecular flexibility index (Phi) is 25.6. The van der Waals surface area contributed by atoms with E-state index in [0.29, 0.717) is 52.6 Å². The van der Waals surface area contributed by atoms with E-state index in [1.807, 2.05) is 11.1 Å². The second-order valence-corrected chi connectivity index (χ2v) is 60.1. The number of benzene rings is 8. The van der Waals surface area contributed by atoms with Crippen molar-refractivity contribution in [2.75, 3.05) is 0 Å². The van der Waals surface area contributed by atoms with E-state index in [-0.39, 0.29) is 49.1 Å². The van der Waals surface area contributed by atoms with Gasteiger partial charge >= 0.3 is 0 Å². The molecule has 2 saturated carbocycles. The van der Waals surface area contributed by atoms with Crippen molar-refractivity contribution in [2.24, 2.45) is 35.5 Å². The molecule has 0 bridgehead atoms. The molecule has 4 heteroatoms. The molecule has 8 aliphatic carbocycles. The summed E-state index contributed by atoms with van der Waals surface area (Å²) in [5.41, 5.74) is 39.2. The van der Waals surface area contributed by atoms with E-state index < -0.39 is 27.3 Å². The molecular formula is C125H172N2Si2. The third kappa shape index (κ3) is 16.0. The van der Waals surface area contributed by atoms with Crippen LogP contribution in [0.2, 0.25) is 37.3 Å². The zero-order chi connectivity index (χ0) is 94.0.